The van der Waals surface area contributed by atoms with E-state index >= 15 is 0 Å². The van der Waals surface area contributed by atoms with Crippen molar-refractivity contribution in [3.63, 3.8) is 0 Å². The number of benzene rings is 1. The summed E-state index contributed by atoms with van der Waals surface area (Å²) in [6.07, 6.45) is 1.60. The van der Waals surface area contributed by atoms with Crippen molar-refractivity contribution in [2.24, 2.45) is 0 Å². The van der Waals surface area contributed by atoms with Crippen molar-refractivity contribution < 1.29 is 4.79 Å². The van der Waals surface area contributed by atoms with Gasteiger partial charge in [0, 0.05) is 30.6 Å². The van der Waals surface area contributed by atoms with Gasteiger partial charge in [0.2, 0.25) is 0 Å². The maximum atomic E-state index is 12.2. The van der Waals surface area contributed by atoms with E-state index in [0.29, 0.717) is 12.2 Å². The van der Waals surface area contributed by atoms with Crippen molar-refractivity contribution in [1.29, 1.82) is 0 Å². The quantitative estimate of drug-likeness (QED) is 0.662. The minimum Gasteiger partial charge on any atom is -0.351 e. The number of amides is 1. The van der Waals surface area contributed by atoms with Gasteiger partial charge in [-0.05, 0) is 31.9 Å². The lowest BCUT2D eigenvalue weighted by Crippen LogP contribution is -2.25. The summed E-state index contributed by atoms with van der Waals surface area (Å²) in [7, 11) is 0. The number of aromatic nitrogens is 3. The molecule has 0 saturated carbocycles. The van der Waals surface area contributed by atoms with Crippen molar-refractivity contribution >= 4 is 17.2 Å². The Balaban J connectivity index is 1.46. The van der Waals surface area contributed by atoms with E-state index < -0.39 is 0 Å². The van der Waals surface area contributed by atoms with Crippen LogP contribution in [0.1, 0.15) is 38.9 Å². The zero-order valence-electron chi connectivity index (χ0n) is 14.5. The first-order valence-corrected chi connectivity index (χ1v) is 9.27. The van der Waals surface area contributed by atoms with Crippen LogP contribution in [0, 0.1) is 13.8 Å². The van der Waals surface area contributed by atoms with Gasteiger partial charge in [-0.15, -0.1) is 11.3 Å². The summed E-state index contributed by atoms with van der Waals surface area (Å²) in [6.45, 7) is 5.45. The summed E-state index contributed by atoms with van der Waals surface area (Å²) in [5.41, 5.74) is 3.87. The van der Waals surface area contributed by atoms with Gasteiger partial charge in [-0.25, -0.2) is 4.98 Å². The second kappa shape index (κ2) is 8.07. The fourth-order valence-corrected chi connectivity index (χ4v) is 3.50. The second-order valence-corrected chi connectivity index (χ2v) is 6.99. The second-order valence-electron chi connectivity index (χ2n) is 6.05. The number of carbonyl (C=O) groups is 1. The molecule has 0 radical (unpaired) electrons. The molecule has 3 aromatic rings. The van der Waals surface area contributed by atoms with Gasteiger partial charge in [-0.1, -0.05) is 30.3 Å². The van der Waals surface area contributed by atoms with Crippen LogP contribution in [0.15, 0.2) is 41.8 Å². The smallest absolute Gasteiger partial charge is 0.270 e. The van der Waals surface area contributed by atoms with Crippen molar-refractivity contribution in [1.82, 2.24) is 20.1 Å². The van der Waals surface area contributed by atoms with Gasteiger partial charge in [-0.2, -0.15) is 5.10 Å². The van der Waals surface area contributed by atoms with Crippen molar-refractivity contribution in [3.05, 3.63) is 69.4 Å². The molecule has 0 bridgehead atoms. The molecule has 0 aliphatic heterocycles. The number of nitrogens with zero attached hydrogens (tertiary/aromatic N) is 3. The van der Waals surface area contributed by atoms with Crippen LogP contribution in [0.25, 0.3) is 0 Å². The van der Waals surface area contributed by atoms with E-state index in [1.54, 1.807) is 0 Å². The molecule has 0 aliphatic rings. The molecule has 2 aromatic heterocycles. The summed E-state index contributed by atoms with van der Waals surface area (Å²) in [6, 6.07) is 12.2. The zero-order chi connectivity index (χ0) is 17.6. The van der Waals surface area contributed by atoms with Crippen LogP contribution in [0.5, 0.6) is 0 Å². The fourth-order valence-electron chi connectivity index (χ4n) is 2.69. The van der Waals surface area contributed by atoms with Gasteiger partial charge in [0.25, 0.3) is 5.91 Å². The number of rotatable bonds is 7. The summed E-state index contributed by atoms with van der Waals surface area (Å²) in [4.78, 5) is 16.7. The van der Waals surface area contributed by atoms with Gasteiger partial charge >= 0.3 is 0 Å². The molecule has 3 rings (SSSR count). The van der Waals surface area contributed by atoms with Crippen molar-refractivity contribution in [2.75, 3.05) is 6.54 Å². The van der Waals surface area contributed by atoms with E-state index in [1.807, 2.05) is 42.1 Å². The highest BCUT2D eigenvalue weighted by Crippen LogP contribution is 2.14. The number of hydrogen-bond acceptors (Lipinski definition) is 4. The third-order valence-corrected chi connectivity index (χ3v) is 4.77. The van der Waals surface area contributed by atoms with Crippen LogP contribution < -0.4 is 5.32 Å². The Morgan fingerprint density at radius 1 is 1.24 bits per heavy atom. The topological polar surface area (TPSA) is 59.8 Å². The number of thiazole rings is 1. The maximum absolute atomic E-state index is 12.2. The minimum atomic E-state index is -0.107. The molecule has 0 unspecified atom stereocenters. The molecule has 5 nitrogen and oxygen atoms in total. The molecule has 0 atom stereocenters. The van der Waals surface area contributed by atoms with E-state index in [0.717, 1.165) is 35.8 Å². The van der Waals surface area contributed by atoms with Gasteiger partial charge in [0.15, 0.2) is 0 Å². The Kier molecular flexibility index (Phi) is 5.60. The number of nitrogens with one attached hydrogen (secondary N) is 1. The maximum Gasteiger partial charge on any atom is 0.270 e. The molecule has 0 fully saturated rings. The molecule has 6 heteroatoms. The van der Waals surface area contributed by atoms with E-state index in [2.05, 4.69) is 33.6 Å². The Labute approximate surface area is 151 Å². The molecule has 25 heavy (non-hydrogen) atoms. The van der Waals surface area contributed by atoms with Crippen LogP contribution in [0.3, 0.4) is 0 Å². The van der Waals surface area contributed by atoms with E-state index in [9.17, 15) is 4.79 Å². The molecule has 0 saturated heterocycles. The van der Waals surface area contributed by atoms with E-state index in [-0.39, 0.29) is 5.91 Å². The first-order valence-electron chi connectivity index (χ1n) is 8.39. The van der Waals surface area contributed by atoms with E-state index in [4.69, 9.17) is 0 Å². The molecule has 1 aromatic carbocycles. The lowest BCUT2D eigenvalue weighted by molar-refractivity contribution is 0.0948. The number of aryl methyl sites for hydroxylation is 3. The number of carbonyl (C=O) groups excluding carboxylic acids is 1. The summed E-state index contributed by atoms with van der Waals surface area (Å²) >= 11 is 1.53. The highest BCUT2D eigenvalue weighted by Gasteiger charge is 2.10. The van der Waals surface area contributed by atoms with Crippen LogP contribution in [0.4, 0.5) is 0 Å². The van der Waals surface area contributed by atoms with Gasteiger partial charge in [-0.3, -0.25) is 9.48 Å². The third-order valence-electron chi connectivity index (χ3n) is 3.92. The minimum absolute atomic E-state index is 0.107. The Bertz CT molecular complexity index is 838. The van der Waals surface area contributed by atoms with Crippen LogP contribution in [-0.2, 0) is 13.0 Å². The Morgan fingerprint density at radius 3 is 2.76 bits per heavy atom. The molecule has 0 spiro atoms. The zero-order valence-corrected chi connectivity index (χ0v) is 15.3. The fraction of sp³-hybridized carbons (Fsp3) is 0.316. The van der Waals surface area contributed by atoms with Crippen LogP contribution in [-0.4, -0.2) is 27.2 Å². The molecule has 1 N–H and O–H groups in total. The van der Waals surface area contributed by atoms with Gasteiger partial charge < -0.3 is 5.32 Å². The Morgan fingerprint density at radius 2 is 2.04 bits per heavy atom. The lowest BCUT2D eigenvalue weighted by Gasteiger charge is -2.05. The molecule has 0 aliphatic carbocycles. The van der Waals surface area contributed by atoms with Crippen LogP contribution >= 0.6 is 11.3 Å². The standard InChI is InChI=1S/C19H22N4OS/c1-14-11-15(2)23(22-14)10-6-9-20-19(24)17-13-25-18(21-17)12-16-7-4-3-5-8-16/h3-5,7-8,11,13H,6,9-10,12H2,1-2H3,(H,20,24). The predicted octanol–water partition coefficient (Wildman–Crippen LogP) is 3.37. The SMILES string of the molecule is Cc1cc(C)n(CCCNC(=O)c2csc(Cc3ccccc3)n2)n1. The predicted molar refractivity (Wildman–Crippen MR) is 100 cm³/mol. The van der Waals surface area contributed by atoms with Gasteiger partial charge in [0.1, 0.15) is 5.69 Å². The summed E-state index contributed by atoms with van der Waals surface area (Å²) in [5.74, 6) is -0.107. The number of hydrogen-bond donors (Lipinski definition) is 1. The summed E-state index contributed by atoms with van der Waals surface area (Å²) < 4.78 is 1.97. The van der Waals surface area contributed by atoms with Gasteiger partial charge in [0.05, 0.1) is 10.7 Å². The van der Waals surface area contributed by atoms with E-state index in [1.165, 1.54) is 16.9 Å². The monoisotopic (exact) mass is 354 g/mol. The normalized spacial score (nSPS) is 10.8. The average molecular weight is 354 g/mol. The molecule has 2 heterocycles. The first kappa shape index (κ1) is 17.4. The van der Waals surface area contributed by atoms with Crippen molar-refractivity contribution in [3.8, 4) is 0 Å². The molecule has 1 amide bonds. The van der Waals surface area contributed by atoms with Crippen molar-refractivity contribution in [2.45, 2.75) is 33.2 Å². The molecular weight excluding hydrogens is 332 g/mol. The lowest BCUT2D eigenvalue weighted by atomic mass is 10.2. The first-order chi connectivity index (χ1) is 12.1. The Hall–Kier alpha value is -2.47. The molecular formula is C19H22N4OS. The highest BCUT2D eigenvalue weighted by atomic mass is 32.1. The average Bonchev–Trinajstić information content (AvgIpc) is 3.19. The van der Waals surface area contributed by atoms with Crippen LogP contribution in [0.2, 0.25) is 0 Å². The molecule has 130 valence electrons. The summed E-state index contributed by atoms with van der Waals surface area (Å²) in [5, 5.41) is 10.1. The highest BCUT2D eigenvalue weighted by molar-refractivity contribution is 7.09. The third kappa shape index (κ3) is 4.76. The largest absolute Gasteiger partial charge is 0.351 e.